The van der Waals surface area contributed by atoms with Crippen molar-refractivity contribution in [3.8, 4) is 45.0 Å². The number of ether oxygens (including phenoxy) is 4. The molecule has 0 unspecified atom stereocenters. The first kappa shape index (κ1) is 81.4. The molecule has 4 saturated heterocycles. The molecule has 0 radical (unpaired) electrons. The Kier molecular flexibility index (Phi) is 24.5. The second kappa shape index (κ2) is 36.1. The summed E-state index contributed by atoms with van der Waals surface area (Å²) in [7, 11) is 0. The van der Waals surface area contributed by atoms with Gasteiger partial charge in [0.05, 0.1) is 60.2 Å². The zero-order valence-corrected chi connectivity index (χ0v) is 69.8. The van der Waals surface area contributed by atoms with Crippen LogP contribution in [0, 0.1) is 0 Å². The average molecular weight is 1620 g/mol. The van der Waals surface area contributed by atoms with Crippen LogP contribution in [0.1, 0.15) is 184 Å². The lowest BCUT2D eigenvalue weighted by molar-refractivity contribution is -0.130. The third-order valence-corrected chi connectivity index (χ3v) is 26.0. The number of aliphatic hydroxyl groups is 2. The Bertz CT molecular complexity index is 5190. The number of amides is 4. The molecule has 0 bridgehead atoms. The topological polar surface area (TPSA) is 281 Å². The summed E-state index contributed by atoms with van der Waals surface area (Å²) in [6.45, 7) is 22.4. The van der Waals surface area contributed by atoms with Crippen molar-refractivity contribution in [1.29, 1.82) is 0 Å². The number of carbonyl (C=O) groups excluding carboxylic acids is 4. The molecule has 8 aliphatic heterocycles. The molecule has 26 nitrogen and oxygen atoms in total. The van der Waals surface area contributed by atoms with E-state index in [2.05, 4.69) is 95.0 Å². The Morgan fingerprint density at radius 2 is 0.617 bits per heavy atom. The van der Waals surface area contributed by atoms with Gasteiger partial charge in [-0.25, -0.2) is 0 Å². The summed E-state index contributed by atoms with van der Waals surface area (Å²) in [4.78, 5) is 73.7. The first-order chi connectivity index (χ1) is 58.7. The standard InChI is InChI=1S/2C24H28N4O2.2C23H26N4O3/c1-3-17-4-5-20(21-14-25-10-6-19(17)21)24-22-15-27(16(2)29)11-7-23(22)28(26-24)18-8-12-30-13-9-18;1-3-17-13-25-14-21-19(17)5-4-6-20(21)24-22-15-27(16(2)29)10-7-23(22)28(26-24)18-8-11-30-12-9-18;1-15(29)26-9-5-22-21(13-26)23(25-27(22)17-6-10-30-11-7-17)19-3-2-16(14-28)18-4-8-24-12-20(18)19;1-15(29)26-8-5-22-21(13-26)23(25-27(22)17-6-9-30-10-7-17)19-4-2-3-18-16(14-28)11-24-12-20(18)19/h4-6,10,14,18H,3,7-9,11-13,15H2,1-2H3;4-6,13-14,18H,3,7-12,15H2,1-2H3;2-4,8,12,17,28H,5-7,9-11,13-14H2,1H3;2-4,11-12,17,28H,5-10,13-14H2,1H3. The zero-order chi connectivity index (χ0) is 82.7. The van der Waals surface area contributed by atoms with E-state index in [1.807, 2.05) is 87.1 Å². The van der Waals surface area contributed by atoms with E-state index < -0.39 is 0 Å². The smallest absolute Gasteiger partial charge is 0.219 e. The van der Waals surface area contributed by atoms with Gasteiger partial charge < -0.3 is 48.8 Å². The summed E-state index contributed by atoms with van der Waals surface area (Å²) in [6, 6.07) is 26.3. The number of hydrogen-bond donors (Lipinski definition) is 2. The lowest BCUT2D eigenvalue weighted by Gasteiger charge is -2.29. The summed E-state index contributed by atoms with van der Waals surface area (Å²) in [6.07, 6.45) is 27.9. The number of benzene rings is 4. The second-order valence-electron chi connectivity index (χ2n) is 32.8. The maximum atomic E-state index is 12.1. The van der Waals surface area contributed by atoms with Gasteiger partial charge in [0.1, 0.15) is 0 Å². The lowest BCUT2D eigenvalue weighted by atomic mass is 9.94. The molecular formula is C94H108N16O10. The highest BCUT2D eigenvalue weighted by molar-refractivity contribution is 6.01. The van der Waals surface area contributed by atoms with Crippen LogP contribution in [0.5, 0.6) is 0 Å². The molecule has 4 amide bonds. The molecule has 12 aromatic rings. The molecule has 26 heteroatoms. The number of fused-ring (bicyclic) bond motifs is 8. The fraction of sp³-hybridized carbons (Fsp3) is 0.447. The van der Waals surface area contributed by atoms with Crippen molar-refractivity contribution < 1.29 is 48.3 Å². The number of hydrogen-bond acceptors (Lipinski definition) is 18. The van der Waals surface area contributed by atoms with E-state index in [-0.39, 0.29) is 36.8 Å². The molecule has 0 saturated carbocycles. The van der Waals surface area contributed by atoms with E-state index in [0.29, 0.717) is 50.3 Å². The van der Waals surface area contributed by atoms with Crippen LogP contribution in [0.3, 0.4) is 0 Å². The lowest BCUT2D eigenvalue weighted by Crippen LogP contribution is -2.35. The van der Waals surface area contributed by atoms with Crippen LogP contribution in [-0.2, 0) is 116 Å². The minimum atomic E-state index is -0.0550. The van der Waals surface area contributed by atoms with E-state index >= 15 is 0 Å². The normalized spacial score (nSPS) is 17.3. The molecule has 0 aliphatic carbocycles. The molecule has 624 valence electrons. The first-order valence-electron chi connectivity index (χ1n) is 43.1. The highest BCUT2D eigenvalue weighted by atomic mass is 16.5. The zero-order valence-electron chi connectivity index (χ0n) is 69.8. The van der Waals surface area contributed by atoms with Crippen molar-refractivity contribution >= 4 is 66.7 Å². The third kappa shape index (κ3) is 16.1. The van der Waals surface area contributed by atoms with Crippen molar-refractivity contribution in [2.45, 2.75) is 195 Å². The van der Waals surface area contributed by atoms with E-state index in [9.17, 15) is 29.4 Å². The first-order valence-corrected chi connectivity index (χ1v) is 43.1. The molecule has 0 atom stereocenters. The van der Waals surface area contributed by atoms with Gasteiger partial charge in [-0.15, -0.1) is 0 Å². The number of aromatic nitrogens is 12. The quantitative estimate of drug-likeness (QED) is 0.115. The number of carbonyl (C=O) groups is 4. The van der Waals surface area contributed by atoms with Gasteiger partial charge in [0, 0.05) is 303 Å². The Balaban J connectivity index is 0.000000114. The van der Waals surface area contributed by atoms with Crippen LogP contribution in [0.25, 0.3) is 88.1 Å². The fourth-order valence-electron chi connectivity index (χ4n) is 19.3. The monoisotopic (exact) mass is 1620 g/mol. The molecule has 2 N–H and O–H groups in total. The summed E-state index contributed by atoms with van der Waals surface area (Å²) in [5.74, 6) is 0.427. The SMILES string of the molecule is CC(=O)N1CCc2c(c(-c3ccc(CO)c4ccncc34)nn2C2CCOCC2)C1.CC(=O)N1CCc2c(c(-c3cccc4c(CO)cncc34)nn2C2CCOCC2)C1.CCc1ccc(-c2nn(C3CCOCC3)c3c2CN(C(C)=O)CC3)c2cnccc12.CCc1cncc2c(-c3nn(C4CCOCC4)c4c3CN(C(C)=O)CC4)cccc12. The predicted octanol–water partition coefficient (Wildman–Crippen LogP) is 13.5. The highest BCUT2D eigenvalue weighted by Gasteiger charge is 2.37. The minimum Gasteiger partial charge on any atom is -0.392 e. The number of rotatable bonds is 12. The molecule has 8 aliphatic rings. The molecule has 120 heavy (non-hydrogen) atoms. The van der Waals surface area contributed by atoms with Gasteiger partial charge in [-0.3, -0.25) is 57.8 Å². The average Bonchev–Trinajstić information content (AvgIpc) is 1.61. The molecule has 0 spiro atoms. The van der Waals surface area contributed by atoms with Gasteiger partial charge in [-0.05, 0) is 115 Å². The summed E-state index contributed by atoms with van der Waals surface area (Å²) in [5, 5.41) is 48.8. The Morgan fingerprint density at radius 3 is 0.933 bits per heavy atom. The number of pyridine rings is 4. The molecule has 16 heterocycles. The fourth-order valence-corrected chi connectivity index (χ4v) is 19.3. The summed E-state index contributed by atoms with van der Waals surface area (Å²) >= 11 is 0. The Morgan fingerprint density at radius 1 is 0.333 bits per heavy atom. The molecule has 4 fully saturated rings. The molecule has 4 aromatic carbocycles. The molecule has 8 aromatic heterocycles. The highest BCUT2D eigenvalue weighted by Crippen LogP contribution is 2.44. The number of nitrogens with zero attached hydrogens (tertiary/aromatic N) is 16. The van der Waals surface area contributed by atoms with E-state index in [1.165, 1.54) is 55.8 Å². The van der Waals surface area contributed by atoms with Gasteiger partial charge in [-0.1, -0.05) is 74.5 Å². The van der Waals surface area contributed by atoms with Crippen LogP contribution in [0.15, 0.2) is 122 Å². The van der Waals surface area contributed by atoms with Gasteiger partial charge >= 0.3 is 0 Å². The maximum Gasteiger partial charge on any atom is 0.219 e. The van der Waals surface area contributed by atoms with Gasteiger partial charge in [-0.2, -0.15) is 20.4 Å². The third-order valence-electron chi connectivity index (χ3n) is 26.0. The van der Waals surface area contributed by atoms with Crippen molar-refractivity contribution in [2.75, 3.05) is 79.0 Å². The van der Waals surface area contributed by atoms with E-state index in [0.717, 1.165) is 269 Å². The Labute approximate surface area is 698 Å². The number of aryl methyl sites for hydroxylation is 2. The minimum absolute atomic E-state index is 0.0203. The van der Waals surface area contributed by atoms with Gasteiger partial charge in [0.2, 0.25) is 23.6 Å². The maximum absolute atomic E-state index is 12.1. The van der Waals surface area contributed by atoms with Crippen molar-refractivity contribution in [2.24, 2.45) is 0 Å². The van der Waals surface area contributed by atoms with E-state index in [4.69, 9.17) is 39.3 Å². The van der Waals surface area contributed by atoms with Gasteiger partial charge in [0.15, 0.2) is 0 Å². The van der Waals surface area contributed by atoms with E-state index in [1.54, 1.807) is 40.1 Å². The van der Waals surface area contributed by atoms with Crippen LogP contribution >= 0.6 is 0 Å². The molecular weight excluding hydrogens is 1510 g/mol. The van der Waals surface area contributed by atoms with Crippen molar-refractivity contribution in [3.05, 3.63) is 190 Å². The largest absolute Gasteiger partial charge is 0.392 e. The summed E-state index contributed by atoms with van der Waals surface area (Å²) in [5.41, 5.74) is 22.0. The van der Waals surface area contributed by atoms with Crippen molar-refractivity contribution in [1.82, 2.24) is 78.7 Å². The van der Waals surface area contributed by atoms with Crippen LogP contribution in [-0.4, -0.2) is 192 Å². The van der Waals surface area contributed by atoms with Gasteiger partial charge in [0.25, 0.3) is 0 Å². The van der Waals surface area contributed by atoms with Crippen LogP contribution in [0.2, 0.25) is 0 Å². The predicted molar refractivity (Wildman–Crippen MR) is 458 cm³/mol. The summed E-state index contributed by atoms with van der Waals surface area (Å²) < 4.78 is 31.2. The molecule has 20 rings (SSSR count). The number of aliphatic hydroxyl groups excluding tert-OH is 2. The van der Waals surface area contributed by atoms with Crippen LogP contribution in [0.4, 0.5) is 0 Å². The van der Waals surface area contributed by atoms with Crippen LogP contribution < -0.4 is 0 Å². The Hall–Kier alpha value is -11.0. The second-order valence-corrected chi connectivity index (χ2v) is 32.8. The van der Waals surface area contributed by atoms with Crippen molar-refractivity contribution in [3.63, 3.8) is 0 Å².